The average Bonchev–Trinajstić information content (AvgIpc) is 3.17. The molecule has 3 heterocycles. The van der Waals surface area contributed by atoms with Crippen molar-refractivity contribution >= 4 is 33.7 Å². The molecule has 24 heavy (non-hydrogen) atoms. The van der Waals surface area contributed by atoms with Gasteiger partial charge in [0.2, 0.25) is 5.91 Å². The highest BCUT2D eigenvalue weighted by Crippen LogP contribution is 2.23. The maximum atomic E-state index is 12.0. The van der Waals surface area contributed by atoms with E-state index in [1.165, 1.54) is 22.7 Å². The third-order valence-electron chi connectivity index (χ3n) is 3.44. The zero-order valence-corrected chi connectivity index (χ0v) is 14.7. The Morgan fingerprint density at radius 1 is 1.25 bits per heavy atom. The molecule has 0 unspecified atom stereocenters. The van der Waals surface area contributed by atoms with Gasteiger partial charge >= 0.3 is 4.87 Å². The highest BCUT2D eigenvalue weighted by atomic mass is 32.1. The standard InChI is InChI=1S/C16H16N4O2S2/c1-11-9-24-16(22)20(11)8-4-6-14(21)19-15-18-13(10-23-15)12-5-2-3-7-17-12/h2-3,5,7,9-10H,4,6,8H2,1H3,(H,18,19,21). The second kappa shape index (κ2) is 7.50. The van der Waals surface area contributed by atoms with Crippen LogP contribution in [-0.2, 0) is 11.3 Å². The Labute approximate surface area is 146 Å². The predicted molar refractivity (Wildman–Crippen MR) is 96.5 cm³/mol. The van der Waals surface area contributed by atoms with Crippen molar-refractivity contribution in [2.24, 2.45) is 0 Å². The summed E-state index contributed by atoms with van der Waals surface area (Å²) in [6.45, 7) is 2.45. The summed E-state index contributed by atoms with van der Waals surface area (Å²) in [5.74, 6) is -0.0992. The fraction of sp³-hybridized carbons (Fsp3) is 0.250. The first kappa shape index (κ1) is 16.5. The second-order valence-electron chi connectivity index (χ2n) is 5.20. The third-order valence-corrected chi connectivity index (χ3v) is 5.08. The van der Waals surface area contributed by atoms with Crippen molar-refractivity contribution in [3.8, 4) is 11.4 Å². The van der Waals surface area contributed by atoms with Gasteiger partial charge in [-0.3, -0.25) is 14.6 Å². The summed E-state index contributed by atoms with van der Waals surface area (Å²) in [4.78, 5) is 32.3. The highest BCUT2D eigenvalue weighted by Gasteiger charge is 2.09. The number of pyridine rings is 1. The van der Waals surface area contributed by atoms with Crippen LogP contribution in [0.4, 0.5) is 5.13 Å². The maximum absolute atomic E-state index is 12.0. The van der Waals surface area contributed by atoms with E-state index in [0.29, 0.717) is 24.5 Å². The lowest BCUT2D eigenvalue weighted by atomic mass is 10.3. The molecule has 8 heteroatoms. The molecule has 0 saturated carbocycles. The first-order valence-corrected chi connectivity index (χ1v) is 9.21. The number of nitrogens with one attached hydrogen (secondary N) is 1. The molecule has 3 aromatic rings. The predicted octanol–water partition coefficient (Wildman–Crippen LogP) is 3.16. The second-order valence-corrected chi connectivity index (χ2v) is 6.88. The van der Waals surface area contributed by atoms with Gasteiger partial charge in [-0.15, -0.1) is 11.3 Å². The number of carbonyl (C=O) groups is 1. The van der Waals surface area contributed by atoms with Gasteiger partial charge in [0.05, 0.1) is 5.69 Å². The molecule has 0 radical (unpaired) electrons. The van der Waals surface area contributed by atoms with E-state index in [4.69, 9.17) is 0 Å². The Morgan fingerprint density at radius 3 is 2.83 bits per heavy atom. The van der Waals surface area contributed by atoms with Gasteiger partial charge in [-0.25, -0.2) is 4.98 Å². The lowest BCUT2D eigenvalue weighted by Gasteiger charge is -2.04. The number of hydrogen-bond acceptors (Lipinski definition) is 6. The van der Waals surface area contributed by atoms with Gasteiger partial charge in [-0.2, -0.15) is 0 Å². The minimum absolute atomic E-state index is 0.0211. The minimum atomic E-state index is -0.0992. The summed E-state index contributed by atoms with van der Waals surface area (Å²) in [5, 5.41) is 7.05. The van der Waals surface area contributed by atoms with Gasteiger partial charge < -0.3 is 9.88 Å². The van der Waals surface area contributed by atoms with Crippen molar-refractivity contribution < 1.29 is 4.79 Å². The first-order chi connectivity index (χ1) is 11.6. The number of nitrogens with zero attached hydrogens (tertiary/aromatic N) is 3. The minimum Gasteiger partial charge on any atom is -0.303 e. The van der Waals surface area contributed by atoms with Crippen molar-refractivity contribution in [2.45, 2.75) is 26.3 Å². The van der Waals surface area contributed by atoms with Crippen molar-refractivity contribution in [1.29, 1.82) is 0 Å². The van der Waals surface area contributed by atoms with Gasteiger partial charge in [-0.1, -0.05) is 17.4 Å². The van der Waals surface area contributed by atoms with Crippen LogP contribution in [0, 0.1) is 6.92 Å². The number of rotatable bonds is 6. The number of carbonyl (C=O) groups excluding carboxylic acids is 1. The van der Waals surface area contributed by atoms with E-state index in [9.17, 15) is 9.59 Å². The van der Waals surface area contributed by atoms with Crippen molar-refractivity contribution in [1.82, 2.24) is 14.5 Å². The molecule has 1 N–H and O–H groups in total. The molecule has 6 nitrogen and oxygen atoms in total. The van der Waals surface area contributed by atoms with E-state index in [2.05, 4.69) is 15.3 Å². The maximum Gasteiger partial charge on any atom is 0.307 e. The Bertz CT molecular complexity index is 883. The summed E-state index contributed by atoms with van der Waals surface area (Å²) < 4.78 is 1.69. The number of aromatic nitrogens is 3. The van der Waals surface area contributed by atoms with Crippen LogP contribution in [0.1, 0.15) is 18.5 Å². The van der Waals surface area contributed by atoms with E-state index < -0.39 is 0 Å². The van der Waals surface area contributed by atoms with E-state index >= 15 is 0 Å². The molecule has 0 aliphatic rings. The van der Waals surface area contributed by atoms with Crippen molar-refractivity contribution in [3.05, 3.63) is 50.5 Å². The average molecular weight is 360 g/mol. The molecule has 3 rings (SSSR count). The van der Waals surface area contributed by atoms with Gasteiger partial charge in [-0.05, 0) is 25.5 Å². The van der Waals surface area contributed by atoms with E-state index in [-0.39, 0.29) is 10.8 Å². The molecule has 124 valence electrons. The van der Waals surface area contributed by atoms with E-state index in [1.807, 2.05) is 35.9 Å². The van der Waals surface area contributed by atoms with E-state index in [0.717, 1.165) is 17.1 Å². The molecule has 1 amide bonds. The van der Waals surface area contributed by atoms with Crippen molar-refractivity contribution in [2.75, 3.05) is 5.32 Å². The molecule has 0 atom stereocenters. The number of thiazole rings is 2. The van der Waals surface area contributed by atoms with Gasteiger partial charge in [0.15, 0.2) is 5.13 Å². The topological polar surface area (TPSA) is 76.9 Å². The Balaban J connectivity index is 1.52. The fourth-order valence-electron chi connectivity index (χ4n) is 2.22. The number of aryl methyl sites for hydroxylation is 1. The van der Waals surface area contributed by atoms with Crippen LogP contribution >= 0.6 is 22.7 Å². The number of amides is 1. The van der Waals surface area contributed by atoms with Gasteiger partial charge in [0, 0.05) is 35.6 Å². The molecular weight excluding hydrogens is 344 g/mol. The summed E-state index contributed by atoms with van der Waals surface area (Å²) in [5.41, 5.74) is 2.46. The fourth-order valence-corrected chi connectivity index (χ4v) is 3.70. The molecule has 0 aromatic carbocycles. The zero-order valence-electron chi connectivity index (χ0n) is 13.1. The van der Waals surface area contributed by atoms with Crippen LogP contribution in [0.25, 0.3) is 11.4 Å². The van der Waals surface area contributed by atoms with Crippen LogP contribution in [0.3, 0.4) is 0 Å². The van der Waals surface area contributed by atoms with Crippen molar-refractivity contribution in [3.63, 3.8) is 0 Å². The van der Waals surface area contributed by atoms with Crippen LogP contribution in [-0.4, -0.2) is 20.4 Å². The normalized spacial score (nSPS) is 10.7. The molecule has 3 aromatic heterocycles. The molecule has 0 aliphatic heterocycles. The zero-order chi connectivity index (χ0) is 16.9. The van der Waals surface area contributed by atoms with E-state index in [1.54, 1.807) is 10.8 Å². The number of hydrogen-bond donors (Lipinski definition) is 1. The lowest BCUT2D eigenvalue weighted by molar-refractivity contribution is -0.116. The molecular formula is C16H16N4O2S2. The molecule has 0 saturated heterocycles. The highest BCUT2D eigenvalue weighted by molar-refractivity contribution is 7.14. The quantitative estimate of drug-likeness (QED) is 0.732. The lowest BCUT2D eigenvalue weighted by Crippen LogP contribution is -2.17. The van der Waals surface area contributed by atoms with Crippen LogP contribution < -0.4 is 10.2 Å². The summed E-state index contributed by atoms with van der Waals surface area (Å²) >= 11 is 2.56. The molecule has 0 bridgehead atoms. The number of anilines is 1. The SMILES string of the molecule is Cc1csc(=O)n1CCCC(=O)Nc1nc(-c2ccccn2)cs1. The third kappa shape index (κ3) is 3.95. The van der Waals surface area contributed by atoms with Gasteiger partial charge in [0.25, 0.3) is 0 Å². The largest absolute Gasteiger partial charge is 0.307 e. The van der Waals surface area contributed by atoms with Crippen LogP contribution in [0.5, 0.6) is 0 Å². The smallest absolute Gasteiger partial charge is 0.303 e. The molecule has 0 fully saturated rings. The Morgan fingerprint density at radius 2 is 2.12 bits per heavy atom. The molecule has 0 aliphatic carbocycles. The molecule has 0 spiro atoms. The van der Waals surface area contributed by atoms with Crippen LogP contribution in [0.15, 0.2) is 40.0 Å². The Kier molecular flexibility index (Phi) is 5.17. The van der Waals surface area contributed by atoms with Gasteiger partial charge in [0.1, 0.15) is 5.69 Å². The monoisotopic (exact) mass is 360 g/mol. The summed E-state index contributed by atoms with van der Waals surface area (Å²) in [7, 11) is 0. The van der Waals surface area contributed by atoms with Crippen LogP contribution in [0.2, 0.25) is 0 Å². The first-order valence-electron chi connectivity index (χ1n) is 7.45. The Hall–Kier alpha value is -2.32. The summed E-state index contributed by atoms with van der Waals surface area (Å²) in [6.07, 6.45) is 2.67. The summed E-state index contributed by atoms with van der Waals surface area (Å²) in [6, 6.07) is 5.62.